The molecule has 0 aromatic heterocycles. The van der Waals surface area contributed by atoms with E-state index in [9.17, 15) is 9.50 Å². The van der Waals surface area contributed by atoms with Crippen LogP contribution in [0.1, 0.15) is 5.56 Å². The zero-order chi connectivity index (χ0) is 20.1. The topological polar surface area (TPSA) is 44.7 Å². The molecule has 0 spiro atoms. The third-order valence-corrected chi connectivity index (χ3v) is 4.73. The van der Waals surface area contributed by atoms with Gasteiger partial charge in [0.2, 0.25) is 0 Å². The molecule has 0 fully saturated rings. The first-order valence-corrected chi connectivity index (χ1v) is 9.21. The van der Waals surface area contributed by atoms with Gasteiger partial charge in [0.05, 0.1) is 18.7 Å². The Balaban J connectivity index is 1.90. The summed E-state index contributed by atoms with van der Waals surface area (Å²) in [5.74, 6) is 0.392. The van der Waals surface area contributed by atoms with Crippen LogP contribution in [0.2, 0.25) is 5.02 Å². The lowest BCUT2D eigenvalue weighted by molar-refractivity contribution is 0.415. The zero-order valence-corrected chi connectivity index (χ0v) is 16.6. The van der Waals surface area contributed by atoms with Crippen molar-refractivity contribution < 1.29 is 14.2 Å². The molecular formula is C21H18ClFN2O2S. The molecule has 0 atom stereocenters. The van der Waals surface area contributed by atoms with E-state index in [-0.39, 0.29) is 10.8 Å². The molecule has 0 amide bonds. The van der Waals surface area contributed by atoms with Gasteiger partial charge in [-0.05, 0) is 60.7 Å². The number of thiocarbonyl (C=S) groups is 1. The molecule has 0 heterocycles. The van der Waals surface area contributed by atoms with Crippen molar-refractivity contribution in [2.75, 3.05) is 17.3 Å². The summed E-state index contributed by atoms with van der Waals surface area (Å²) in [6.07, 6.45) is 0. The average molecular weight is 417 g/mol. The predicted octanol–water partition coefficient (Wildman–Crippen LogP) is 5.60. The summed E-state index contributed by atoms with van der Waals surface area (Å²) in [6, 6.07) is 18.7. The Morgan fingerprint density at radius 2 is 1.86 bits per heavy atom. The molecule has 0 radical (unpaired) electrons. The normalized spacial score (nSPS) is 10.4. The Morgan fingerprint density at radius 1 is 1.14 bits per heavy atom. The molecule has 28 heavy (non-hydrogen) atoms. The summed E-state index contributed by atoms with van der Waals surface area (Å²) in [6.45, 7) is 0.333. The Kier molecular flexibility index (Phi) is 6.34. The molecule has 2 N–H and O–H groups in total. The summed E-state index contributed by atoms with van der Waals surface area (Å²) < 4.78 is 18.6. The second kappa shape index (κ2) is 8.91. The highest BCUT2D eigenvalue weighted by atomic mass is 35.5. The lowest BCUT2D eigenvalue weighted by atomic mass is 10.1. The largest absolute Gasteiger partial charge is 0.508 e. The second-order valence-electron chi connectivity index (χ2n) is 5.97. The molecule has 144 valence electrons. The minimum atomic E-state index is -0.501. The van der Waals surface area contributed by atoms with Crippen LogP contribution in [0.4, 0.5) is 15.8 Å². The molecule has 3 rings (SSSR count). The number of hydrogen-bond acceptors (Lipinski definition) is 3. The Morgan fingerprint density at radius 3 is 2.50 bits per heavy atom. The Hall–Kier alpha value is -2.83. The molecule has 4 nitrogen and oxygen atoms in total. The fourth-order valence-electron chi connectivity index (χ4n) is 2.62. The molecule has 0 saturated carbocycles. The zero-order valence-electron chi connectivity index (χ0n) is 15.0. The van der Waals surface area contributed by atoms with Crippen LogP contribution < -0.4 is 15.0 Å². The first kappa shape index (κ1) is 19.9. The number of nitrogens with zero attached hydrogens (tertiary/aromatic N) is 1. The SMILES string of the molecule is COc1ccc(N(Cc2ccccc2O)C(=S)Nc2ccc(F)c(Cl)c2)cc1. The van der Waals surface area contributed by atoms with E-state index < -0.39 is 5.82 Å². The van der Waals surface area contributed by atoms with Crippen LogP contribution in [0.5, 0.6) is 11.5 Å². The Labute approximate surface area is 173 Å². The fourth-order valence-corrected chi connectivity index (χ4v) is 3.09. The van der Waals surface area contributed by atoms with Gasteiger partial charge in [-0.3, -0.25) is 0 Å². The maximum atomic E-state index is 13.4. The van der Waals surface area contributed by atoms with E-state index in [1.807, 2.05) is 41.3 Å². The third-order valence-electron chi connectivity index (χ3n) is 4.12. The number of phenolic OH excluding ortho intramolecular Hbond substituents is 1. The van der Waals surface area contributed by atoms with Gasteiger partial charge in [-0.1, -0.05) is 29.8 Å². The van der Waals surface area contributed by atoms with E-state index in [1.165, 1.54) is 12.1 Å². The highest BCUT2D eigenvalue weighted by Crippen LogP contribution is 2.26. The van der Waals surface area contributed by atoms with Crippen molar-refractivity contribution >= 4 is 40.3 Å². The molecule has 3 aromatic rings. The summed E-state index contributed by atoms with van der Waals surface area (Å²) in [5.41, 5.74) is 2.07. The maximum absolute atomic E-state index is 13.4. The highest BCUT2D eigenvalue weighted by molar-refractivity contribution is 7.80. The van der Waals surface area contributed by atoms with E-state index in [1.54, 1.807) is 25.3 Å². The number of phenols is 1. The number of benzene rings is 3. The standard InChI is InChI=1S/C21H18ClFN2O2S/c1-27-17-9-7-16(8-10-17)25(13-14-4-2-3-5-20(14)26)21(28)24-15-6-11-19(23)18(22)12-15/h2-12,26H,13H2,1H3,(H,24,28). The maximum Gasteiger partial charge on any atom is 0.178 e. The van der Waals surface area contributed by atoms with E-state index in [2.05, 4.69) is 5.32 Å². The molecule has 0 saturated heterocycles. The minimum Gasteiger partial charge on any atom is -0.508 e. The van der Waals surface area contributed by atoms with Gasteiger partial charge >= 0.3 is 0 Å². The molecule has 0 unspecified atom stereocenters. The molecule has 0 aliphatic heterocycles. The quantitative estimate of drug-likeness (QED) is 0.530. The summed E-state index contributed by atoms with van der Waals surface area (Å²) in [5, 5.41) is 13.6. The van der Waals surface area contributed by atoms with Crippen molar-refractivity contribution in [3.05, 3.63) is 83.1 Å². The van der Waals surface area contributed by atoms with Gasteiger partial charge in [-0.15, -0.1) is 0 Å². The van der Waals surface area contributed by atoms with Gasteiger partial charge in [-0.25, -0.2) is 4.39 Å². The van der Waals surface area contributed by atoms with Crippen molar-refractivity contribution in [3.63, 3.8) is 0 Å². The summed E-state index contributed by atoms with van der Waals surface area (Å²) in [7, 11) is 1.60. The van der Waals surface area contributed by atoms with Crippen molar-refractivity contribution in [3.8, 4) is 11.5 Å². The van der Waals surface area contributed by atoms with Crippen LogP contribution in [0.3, 0.4) is 0 Å². The molecule has 7 heteroatoms. The first-order chi connectivity index (χ1) is 13.5. The minimum absolute atomic E-state index is 0.00417. The number of para-hydroxylation sites is 1. The van der Waals surface area contributed by atoms with Gasteiger partial charge in [0.15, 0.2) is 5.11 Å². The number of methoxy groups -OCH3 is 1. The van der Waals surface area contributed by atoms with Crippen LogP contribution in [0.15, 0.2) is 66.7 Å². The van der Waals surface area contributed by atoms with Crippen LogP contribution in [-0.4, -0.2) is 17.3 Å². The van der Waals surface area contributed by atoms with Crippen molar-refractivity contribution in [1.29, 1.82) is 0 Å². The molecule has 3 aromatic carbocycles. The van der Waals surface area contributed by atoms with Crippen molar-refractivity contribution in [2.45, 2.75) is 6.54 Å². The van der Waals surface area contributed by atoms with E-state index in [0.717, 1.165) is 11.4 Å². The average Bonchev–Trinajstić information content (AvgIpc) is 2.70. The van der Waals surface area contributed by atoms with E-state index in [0.29, 0.717) is 22.9 Å². The van der Waals surface area contributed by atoms with Crippen molar-refractivity contribution in [2.24, 2.45) is 0 Å². The predicted molar refractivity (Wildman–Crippen MR) is 115 cm³/mol. The number of hydrogen-bond donors (Lipinski definition) is 2. The van der Waals surface area contributed by atoms with E-state index in [4.69, 9.17) is 28.6 Å². The van der Waals surface area contributed by atoms with Gasteiger partial charge in [-0.2, -0.15) is 0 Å². The highest BCUT2D eigenvalue weighted by Gasteiger charge is 2.16. The molecule has 0 aliphatic carbocycles. The number of aromatic hydroxyl groups is 1. The monoisotopic (exact) mass is 416 g/mol. The third kappa shape index (κ3) is 4.71. The lowest BCUT2D eigenvalue weighted by Gasteiger charge is -2.26. The summed E-state index contributed by atoms with van der Waals surface area (Å²) in [4.78, 5) is 1.82. The first-order valence-electron chi connectivity index (χ1n) is 8.42. The van der Waals surface area contributed by atoms with Crippen molar-refractivity contribution in [1.82, 2.24) is 0 Å². The smallest absolute Gasteiger partial charge is 0.178 e. The Bertz CT molecular complexity index is 982. The van der Waals surface area contributed by atoms with Crippen LogP contribution in [0.25, 0.3) is 0 Å². The lowest BCUT2D eigenvalue weighted by Crippen LogP contribution is -2.34. The number of nitrogens with one attached hydrogen (secondary N) is 1. The number of anilines is 2. The molecule has 0 aliphatic rings. The second-order valence-corrected chi connectivity index (χ2v) is 6.77. The van der Waals surface area contributed by atoms with Gasteiger partial charge in [0, 0.05) is 16.9 Å². The molecular weight excluding hydrogens is 399 g/mol. The van der Waals surface area contributed by atoms with E-state index >= 15 is 0 Å². The number of rotatable bonds is 5. The van der Waals surface area contributed by atoms with Gasteiger partial charge < -0.3 is 20.1 Å². The van der Waals surface area contributed by atoms with Gasteiger partial charge in [0.25, 0.3) is 0 Å². The van der Waals surface area contributed by atoms with Crippen LogP contribution in [0, 0.1) is 5.82 Å². The van der Waals surface area contributed by atoms with Crippen LogP contribution in [-0.2, 0) is 6.54 Å². The number of ether oxygens (including phenoxy) is 1. The molecule has 0 bridgehead atoms. The summed E-state index contributed by atoms with van der Waals surface area (Å²) >= 11 is 11.4. The number of halogens is 2. The van der Waals surface area contributed by atoms with Crippen LogP contribution >= 0.6 is 23.8 Å². The fraction of sp³-hybridized carbons (Fsp3) is 0.0952. The van der Waals surface area contributed by atoms with Gasteiger partial charge in [0.1, 0.15) is 17.3 Å².